The van der Waals surface area contributed by atoms with E-state index >= 15 is 0 Å². The van der Waals surface area contributed by atoms with E-state index in [4.69, 9.17) is 4.74 Å². The molecule has 1 N–H and O–H groups in total. The number of fused-ring (bicyclic) bond motifs is 1. The third-order valence-corrected chi connectivity index (χ3v) is 4.85. The van der Waals surface area contributed by atoms with Crippen LogP contribution >= 0.6 is 27.3 Å². The van der Waals surface area contributed by atoms with Gasteiger partial charge < -0.3 is 10.1 Å². The van der Waals surface area contributed by atoms with Crippen molar-refractivity contribution in [3.05, 3.63) is 22.7 Å². The van der Waals surface area contributed by atoms with Gasteiger partial charge in [-0.05, 0) is 31.0 Å². The Morgan fingerprint density at radius 3 is 3.05 bits per heavy atom. The number of thiazole rings is 1. The van der Waals surface area contributed by atoms with Crippen molar-refractivity contribution in [1.29, 1.82) is 0 Å². The molecule has 19 heavy (non-hydrogen) atoms. The lowest BCUT2D eigenvalue weighted by Gasteiger charge is -2.10. The van der Waals surface area contributed by atoms with Gasteiger partial charge in [0.25, 0.3) is 0 Å². The first-order chi connectivity index (χ1) is 9.31. The van der Waals surface area contributed by atoms with E-state index in [1.54, 1.807) is 11.3 Å². The SMILES string of the molecule is Brc1ccc2nc(NCCOC3CCCC3)sc2c1. The van der Waals surface area contributed by atoms with Crippen molar-refractivity contribution in [1.82, 2.24) is 4.98 Å². The van der Waals surface area contributed by atoms with E-state index in [0.29, 0.717) is 6.10 Å². The lowest BCUT2D eigenvalue weighted by molar-refractivity contribution is 0.0659. The average molecular weight is 341 g/mol. The molecule has 3 rings (SSSR count). The molecule has 102 valence electrons. The average Bonchev–Trinajstić information content (AvgIpc) is 3.02. The molecule has 3 nitrogen and oxygen atoms in total. The molecule has 0 bridgehead atoms. The molecule has 0 unspecified atom stereocenters. The summed E-state index contributed by atoms with van der Waals surface area (Å²) in [5.41, 5.74) is 1.05. The van der Waals surface area contributed by atoms with Gasteiger partial charge in [0.05, 0.1) is 22.9 Å². The monoisotopic (exact) mass is 340 g/mol. The highest BCUT2D eigenvalue weighted by Crippen LogP contribution is 2.28. The lowest BCUT2D eigenvalue weighted by atomic mass is 10.3. The second-order valence-corrected chi connectivity index (χ2v) is 6.78. The fraction of sp³-hybridized carbons (Fsp3) is 0.500. The van der Waals surface area contributed by atoms with Crippen LogP contribution < -0.4 is 5.32 Å². The minimum absolute atomic E-state index is 0.494. The second kappa shape index (κ2) is 6.20. The van der Waals surface area contributed by atoms with Crippen LogP contribution in [0, 0.1) is 0 Å². The fourth-order valence-electron chi connectivity index (χ4n) is 2.41. The van der Waals surface area contributed by atoms with Gasteiger partial charge in [-0.25, -0.2) is 4.98 Å². The van der Waals surface area contributed by atoms with Gasteiger partial charge in [0.15, 0.2) is 5.13 Å². The second-order valence-electron chi connectivity index (χ2n) is 4.84. The number of rotatable bonds is 5. The van der Waals surface area contributed by atoms with E-state index < -0.39 is 0 Å². The zero-order valence-electron chi connectivity index (χ0n) is 10.7. The molecule has 1 aliphatic rings. The molecule has 1 aromatic carbocycles. The Labute approximate surface area is 125 Å². The molecule has 1 aromatic heterocycles. The predicted molar refractivity (Wildman–Crippen MR) is 84.0 cm³/mol. The Balaban J connectivity index is 1.50. The number of anilines is 1. The molecule has 1 saturated carbocycles. The van der Waals surface area contributed by atoms with Gasteiger partial charge in [-0.2, -0.15) is 0 Å². The number of aromatic nitrogens is 1. The van der Waals surface area contributed by atoms with Crippen molar-refractivity contribution in [2.45, 2.75) is 31.8 Å². The topological polar surface area (TPSA) is 34.2 Å². The van der Waals surface area contributed by atoms with Crippen LogP contribution in [0.15, 0.2) is 22.7 Å². The van der Waals surface area contributed by atoms with Crippen molar-refractivity contribution >= 4 is 42.6 Å². The summed E-state index contributed by atoms with van der Waals surface area (Å²) >= 11 is 5.17. The zero-order valence-corrected chi connectivity index (χ0v) is 13.1. The van der Waals surface area contributed by atoms with Gasteiger partial charge in [-0.15, -0.1) is 0 Å². The number of nitrogens with zero attached hydrogens (tertiary/aromatic N) is 1. The number of hydrogen-bond acceptors (Lipinski definition) is 4. The van der Waals surface area contributed by atoms with Gasteiger partial charge in [-0.3, -0.25) is 0 Å². The molecule has 1 heterocycles. The molecule has 0 aliphatic heterocycles. The quantitative estimate of drug-likeness (QED) is 0.817. The normalized spacial score (nSPS) is 16.3. The summed E-state index contributed by atoms with van der Waals surface area (Å²) in [4.78, 5) is 4.55. The minimum atomic E-state index is 0.494. The van der Waals surface area contributed by atoms with Gasteiger partial charge >= 0.3 is 0 Å². The minimum Gasteiger partial charge on any atom is -0.376 e. The Hall–Kier alpha value is -0.650. The molecule has 0 saturated heterocycles. The first-order valence-corrected chi connectivity index (χ1v) is 8.34. The smallest absolute Gasteiger partial charge is 0.183 e. The van der Waals surface area contributed by atoms with Crippen molar-refractivity contribution in [3.8, 4) is 0 Å². The summed E-state index contributed by atoms with van der Waals surface area (Å²) in [6, 6.07) is 6.17. The standard InChI is InChI=1S/C14H17BrN2OS/c15-10-5-6-12-13(9-10)19-14(17-12)16-7-8-18-11-3-1-2-4-11/h5-6,9,11H,1-4,7-8H2,(H,16,17). The molecule has 2 aromatic rings. The summed E-state index contributed by atoms with van der Waals surface area (Å²) in [5.74, 6) is 0. The molecular weight excluding hydrogens is 324 g/mol. The molecule has 5 heteroatoms. The van der Waals surface area contributed by atoms with Crippen LogP contribution in [-0.2, 0) is 4.74 Å². The molecule has 0 atom stereocenters. The first kappa shape index (κ1) is 13.3. The van der Waals surface area contributed by atoms with Gasteiger partial charge in [-0.1, -0.05) is 40.1 Å². The number of hydrogen-bond donors (Lipinski definition) is 1. The first-order valence-electron chi connectivity index (χ1n) is 6.73. The lowest BCUT2D eigenvalue weighted by Crippen LogP contribution is -2.15. The Morgan fingerprint density at radius 2 is 2.21 bits per heavy atom. The molecule has 0 radical (unpaired) electrons. The number of halogens is 1. The number of nitrogens with one attached hydrogen (secondary N) is 1. The van der Waals surface area contributed by atoms with Crippen molar-refractivity contribution < 1.29 is 4.74 Å². The van der Waals surface area contributed by atoms with Crippen LogP contribution in [0.2, 0.25) is 0 Å². The van der Waals surface area contributed by atoms with Crippen LogP contribution in [0.3, 0.4) is 0 Å². The third kappa shape index (κ3) is 3.46. The highest BCUT2D eigenvalue weighted by Gasteiger charge is 2.14. The highest BCUT2D eigenvalue weighted by molar-refractivity contribution is 9.10. The Morgan fingerprint density at radius 1 is 1.37 bits per heavy atom. The zero-order chi connectivity index (χ0) is 13.1. The van der Waals surface area contributed by atoms with Crippen LogP contribution in [-0.4, -0.2) is 24.2 Å². The Kier molecular flexibility index (Phi) is 4.35. The summed E-state index contributed by atoms with van der Waals surface area (Å²) < 4.78 is 8.12. The van der Waals surface area contributed by atoms with Gasteiger partial charge in [0.1, 0.15) is 0 Å². The van der Waals surface area contributed by atoms with Crippen LogP contribution in [0.25, 0.3) is 10.2 Å². The van der Waals surface area contributed by atoms with Crippen LogP contribution in [0.4, 0.5) is 5.13 Å². The highest BCUT2D eigenvalue weighted by atomic mass is 79.9. The van der Waals surface area contributed by atoms with Crippen LogP contribution in [0.1, 0.15) is 25.7 Å². The van der Waals surface area contributed by atoms with E-state index in [2.05, 4.69) is 32.3 Å². The molecule has 1 aliphatic carbocycles. The van der Waals surface area contributed by atoms with Gasteiger partial charge in [0, 0.05) is 11.0 Å². The molecule has 1 fully saturated rings. The van der Waals surface area contributed by atoms with Crippen LogP contribution in [0.5, 0.6) is 0 Å². The van der Waals surface area contributed by atoms with E-state index in [-0.39, 0.29) is 0 Å². The number of benzene rings is 1. The molecule has 0 spiro atoms. The largest absolute Gasteiger partial charge is 0.376 e. The van der Waals surface area contributed by atoms with E-state index in [1.807, 2.05) is 12.1 Å². The van der Waals surface area contributed by atoms with Crippen molar-refractivity contribution in [3.63, 3.8) is 0 Å². The van der Waals surface area contributed by atoms with E-state index in [1.165, 1.54) is 30.4 Å². The van der Waals surface area contributed by atoms with Gasteiger partial charge in [0.2, 0.25) is 0 Å². The maximum Gasteiger partial charge on any atom is 0.183 e. The Bertz CT molecular complexity index is 551. The maximum atomic E-state index is 5.82. The third-order valence-electron chi connectivity index (χ3n) is 3.38. The molecular formula is C14H17BrN2OS. The fourth-order valence-corrected chi connectivity index (χ4v) is 3.86. The van der Waals surface area contributed by atoms with E-state index in [0.717, 1.165) is 28.3 Å². The predicted octanol–water partition coefficient (Wildman–Crippen LogP) is 4.43. The summed E-state index contributed by atoms with van der Waals surface area (Å²) in [7, 11) is 0. The van der Waals surface area contributed by atoms with Crippen molar-refractivity contribution in [2.75, 3.05) is 18.5 Å². The summed E-state index contributed by atoms with van der Waals surface area (Å²) in [6.07, 6.45) is 5.60. The molecule has 0 amide bonds. The number of ether oxygens (including phenoxy) is 1. The maximum absolute atomic E-state index is 5.82. The summed E-state index contributed by atoms with van der Waals surface area (Å²) in [5, 5.41) is 4.32. The van der Waals surface area contributed by atoms with Crippen molar-refractivity contribution in [2.24, 2.45) is 0 Å². The van der Waals surface area contributed by atoms with E-state index in [9.17, 15) is 0 Å². The summed E-state index contributed by atoms with van der Waals surface area (Å²) in [6.45, 7) is 1.60.